The Hall–Kier alpha value is -2.54. The van der Waals surface area contributed by atoms with Crippen LogP contribution in [0, 0.1) is 0 Å². The number of methoxy groups -OCH3 is 1. The Balaban J connectivity index is 1.70. The van der Waals surface area contributed by atoms with Crippen molar-refractivity contribution in [2.45, 2.75) is 57.7 Å². The van der Waals surface area contributed by atoms with Crippen LogP contribution in [0.15, 0.2) is 35.7 Å². The third-order valence-corrected chi connectivity index (χ3v) is 7.04. The van der Waals surface area contributed by atoms with Crippen molar-refractivity contribution in [3.05, 3.63) is 46.2 Å². The van der Waals surface area contributed by atoms with E-state index in [2.05, 4.69) is 0 Å². The second-order valence-corrected chi connectivity index (χ2v) is 9.14. The lowest BCUT2D eigenvalue weighted by Crippen LogP contribution is -2.58. The van der Waals surface area contributed by atoms with Gasteiger partial charge in [0.05, 0.1) is 20.3 Å². The van der Waals surface area contributed by atoms with Crippen LogP contribution in [0.1, 0.15) is 55.5 Å². The van der Waals surface area contributed by atoms with E-state index in [1.165, 1.54) is 6.42 Å². The lowest BCUT2D eigenvalue weighted by atomic mass is 9.91. The molecule has 0 spiro atoms. The highest BCUT2D eigenvalue weighted by Crippen LogP contribution is 2.37. The summed E-state index contributed by atoms with van der Waals surface area (Å²) in [6.45, 7) is 3.04. The third-order valence-electron chi connectivity index (χ3n) is 6.18. The van der Waals surface area contributed by atoms with Crippen molar-refractivity contribution in [1.82, 2.24) is 9.80 Å². The van der Waals surface area contributed by atoms with Crippen molar-refractivity contribution >= 4 is 23.2 Å². The predicted molar refractivity (Wildman–Crippen MR) is 120 cm³/mol. The number of ether oxygens (including phenoxy) is 2. The van der Waals surface area contributed by atoms with Gasteiger partial charge in [0.25, 0.3) is 5.91 Å². The number of benzene rings is 1. The number of rotatable bonds is 7. The van der Waals surface area contributed by atoms with Crippen LogP contribution in [0.5, 0.6) is 11.5 Å². The largest absolute Gasteiger partial charge is 0.493 e. The molecule has 6 nitrogen and oxygen atoms in total. The standard InChI is InChI=1S/C24H30N2O4S/c1-3-30-20-12-11-17(14-21(20)29-2)23-24(28)25(18-8-5-4-6-9-18)16-22(27)26(23)15-19-10-7-13-31-19/h7,10-14,18,23H,3-6,8-9,15-16H2,1-2H3. The summed E-state index contributed by atoms with van der Waals surface area (Å²) < 4.78 is 11.2. The van der Waals surface area contributed by atoms with Gasteiger partial charge in [-0.3, -0.25) is 9.59 Å². The molecule has 2 amide bonds. The van der Waals surface area contributed by atoms with Crippen molar-refractivity contribution in [2.75, 3.05) is 20.3 Å². The molecule has 2 heterocycles. The summed E-state index contributed by atoms with van der Waals surface area (Å²) in [6.07, 6.45) is 5.38. The molecule has 31 heavy (non-hydrogen) atoms. The molecule has 166 valence electrons. The zero-order valence-corrected chi connectivity index (χ0v) is 19.0. The maximum atomic E-state index is 13.8. The molecule has 1 aromatic carbocycles. The fourth-order valence-corrected chi connectivity index (χ4v) is 5.35. The first-order chi connectivity index (χ1) is 15.1. The molecule has 0 bridgehead atoms. The molecule has 1 aliphatic heterocycles. The monoisotopic (exact) mass is 442 g/mol. The molecule has 1 aromatic heterocycles. The van der Waals surface area contributed by atoms with Crippen LogP contribution in [0.25, 0.3) is 0 Å². The van der Waals surface area contributed by atoms with E-state index in [1.807, 2.05) is 47.5 Å². The Labute approximate surface area is 187 Å². The minimum absolute atomic E-state index is 0.00331. The van der Waals surface area contributed by atoms with Crippen LogP contribution in [0.4, 0.5) is 0 Å². The molecule has 0 radical (unpaired) electrons. The number of carbonyl (C=O) groups excluding carboxylic acids is 2. The first-order valence-corrected chi connectivity index (χ1v) is 11.9. The van der Waals surface area contributed by atoms with E-state index in [-0.39, 0.29) is 24.4 Å². The Morgan fingerprint density at radius 3 is 2.58 bits per heavy atom. The summed E-state index contributed by atoms with van der Waals surface area (Å²) in [5.41, 5.74) is 0.760. The number of hydrogen-bond acceptors (Lipinski definition) is 5. The van der Waals surface area contributed by atoms with E-state index < -0.39 is 6.04 Å². The van der Waals surface area contributed by atoms with Gasteiger partial charge in [-0.25, -0.2) is 0 Å². The number of carbonyl (C=O) groups is 2. The molecular weight excluding hydrogens is 412 g/mol. The van der Waals surface area contributed by atoms with E-state index in [0.717, 1.165) is 36.1 Å². The molecule has 2 aromatic rings. The molecular formula is C24H30N2O4S. The predicted octanol–water partition coefficient (Wildman–Crippen LogP) is 4.40. The highest BCUT2D eigenvalue weighted by molar-refractivity contribution is 7.09. The summed E-state index contributed by atoms with van der Waals surface area (Å²) >= 11 is 1.60. The van der Waals surface area contributed by atoms with Gasteiger partial charge in [0.1, 0.15) is 12.6 Å². The molecule has 1 aliphatic carbocycles. The number of hydrogen-bond donors (Lipinski definition) is 0. The summed E-state index contributed by atoms with van der Waals surface area (Å²) in [6, 6.07) is 9.03. The Bertz CT molecular complexity index is 908. The molecule has 2 aliphatic rings. The molecule has 4 rings (SSSR count). The van der Waals surface area contributed by atoms with Gasteiger partial charge in [0.15, 0.2) is 11.5 Å². The minimum Gasteiger partial charge on any atom is -0.493 e. The molecule has 7 heteroatoms. The summed E-state index contributed by atoms with van der Waals surface area (Å²) in [5.74, 6) is 1.22. The summed E-state index contributed by atoms with van der Waals surface area (Å²) in [4.78, 5) is 31.7. The fraction of sp³-hybridized carbons (Fsp3) is 0.500. The molecule has 0 N–H and O–H groups in total. The van der Waals surface area contributed by atoms with Crippen LogP contribution in [-0.2, 0) is 16.1 Å². The quantitative estimate of drug-likeness (QED) is 0.638. The van der Waals surface area contributed by atoms with Crippen molar-refractivity contribution in [3.8, 4) is 11.5 Å². The number of amides is 2. The van der Waals surface area contributed by atoms with Crippen LogP contribution >= 0.6 is 11.3 Å². The Kier molecular flexibility index (Phi) is 6.80. The second kappa shape index (κ2) is 9.73. The van der Waals surface area contributed by atoms with Gasteiger partial charge < -0.3 is 19.3 Å². The van der Waals surface area contributed by atoms with Crippen molar-refractivity contribution in [3.63, 3.8) is 0 Å². The fourth-order valence-electron chi connectivity index (χ4n) is 4.65. The highest BCUT2D eigenvalue weighted by atomic mass is 32.1. The van der Waals surface area contributed by atoms with Gasteiger partial charge in [0, 0.05) is 10.9 Å². The first kappa shape index (κ1) is 21.7. The average Bonchev–Trinajstić information content (AvgIpc) is 3.31. The SMILES string of the molecule is CCOc1ccc(C2C(=O)N(C3CCCCC3)CC(=O)N2Cc2cccs2)cc1OC. The maximum absolute atomic E-state index is 13.8. The topological polar surface area (TPSA) is 59.1 Å². The highest BCUT2D eigenvalue weighted by Gasteiger charge is 2.43. The normalized spacial score (nSPS) is 20.3. The maximum Gasteiger partial charge on any atom is 0.250 e. The Morgan fingerprint density at radius 2 is 1.90 bits per heavy atom. The van der Waals surface area contributed by atoms with Crippen molar-refractivity contribution in [2.24, 2.45) is 0 Å². The van der Waals surface area contributed by atoms with E-state index in [1.54, 1.807) is 23.3 Å². The third kappa shape index (κ3) is 4.56. The molecule has 1 unspecified atom stereocenters. The lowest BCUT2D eigenvalue weighted by Gasteiger charge is -2.44. The van der Waals surface area contributed by atoms with E-state index in [4.69, 9.17) is 9.47 Å². The summed E-state index contributed by atoms with van der Waals surface area (Å²) in [7, 11) is 1.59. The van der Waals surface area contributed by atoms with Gasteiger partial charge in [-0.05, 0) is 48.9 Å². The number of piperazine rings is 1. The lowest BCUT2D eigenvalue weighted by molar-refractivity contribution is -0.159. The smallest absolute Gasteiger partial charge is 0.250 e. The van der Waals surface area contributed by atoms with Gasteiger partial charge in [-0.15, -0.1) is 11.3 Å². The summed E-state index contributed by atoms with van der Waals surface area (Å²) in [5, 5.41) is 1.99. The zero-order chi connectivity index (χ0) is 21.8. The van der Waals surface area contributed by atoms with Gasteiger partial charge in [0.2, 0.25) is 5.91 Å². The van der Waals surface area contributed by atoms with Gasteiger partial charge in [-0.1, -0.05) is 31.4 Å². The molecule has 2 fully saturated rings. The first-order valence-electron chi connectivity index (χ1n) is 11.1. The average molecular weight is 443 g/mol. The van der Waals surface area contributed by atoms with E-state index in [9.17, 15) is 9.59 Å². The molecule has 1 saturated heterocycles. The number of thiophene rings is 1. The van der Waals surface area contributed by atoms with E-state index >= 15 is 0 Å². The van der Waals surface area contributed by atoms with E-state index in [0.29, 0.717) is 24.7 Å². The molecule has 1 saturated carbocycles. The van der Waals surface area contributed by atoms with Gasteiger partial charge in [-0.2, -0.15) is 0 Å². The van der Waals surface area contributed by atoms with Gasteiger partial charge >= 0.3 is 0 Å². The van der Waals surface area contributed by atoms with Crippen LogP contribution < -0.4 is 9.47 Å². The van der Waals surface area contributed by atoms with Crippen molar-refractivity contribution < 1.29 is 19.1 Å². The Morgan fingerprint density at radius 1 is 1.10 bits per heavy atom. The van der Waals surface area contributed by atoms with Crippen LogP contribution in [-0.4, -0.2) is 47.9 Å². The van der Waals surface area contributed by atoms with Crippen LogP contribution in [0.3, 0.4) is 0 Å². The second-order valence-electron chi connectivity index (χ2n) is 8.10. The minimum atomic E-state index is -0.658. The zero-order valence-electron chi connectivity index (χ0n) is 18.2. The van der Waals surface area contributed by atoms with Crippen molar-refractivity contribution in [1.29, 1.82) is 0 Å². The number of nitrogens with zero attached hydrogens (tertiary/aromatic N) is 2. The molecule has 1 atom stereocenters. The van der Waals surface area contributed by atoms with Crippen LogP contribution in [0.2, 0.25) is 0 Å².